The molecule has 3 aromatic rings. The van der Waals surface area contributed by atoms with Crippen LogP contribution in [0.15, 0.2) is 39.9 Å². The molecule has 3 aromatic heterocycles. The Labute approximate surface area is 144 Å². The Morgan fingerprint density at radius 2 is 2.08 bits per heavy atom. The standard InChI is InChI=1S/C17H20N6O2/c1-12-7-13(2)23(19-12)15-3-4-17(24)22(20-15)10-14-8-21(9-14)11-16-18-5-6-25-16/h3-7,14H,8-11H2,1-2H3. The van der Waals surface area contributed by atoms with E-state index in [2.05, 4.69) is 20.1 Å². The largest absolute Gasteiger partial charge is 0.448 e. The number of rotatable bonds is 5. The smallest absolute Gasteiger partial charge is 0.266 e. The normalized spacial score (nSPS) is 15.4. The van der Waals surface area contributed by atoms with E-state index in [0.717, 1.165) is 30.4 Å². The van der Waals surface area contributed by atoms with Crippen LogP contribution in [0.1, 0.15) is 17.3 Å². The van der Waals surface area contributed by atoms with E-state index >= 15 is 0 Å². The van der Waals surface area contributed by atoms with Crippen LogP contribution in [0.2, 0.25) is 0 Å². The Balaban J connectivity index is 1.44. The molecule has 0 aliphatic carbocycles. The summed E-state index contributed by atoms with van der Waals surface area (Å²) in [6, 6.07) is 5.26. The third-order valence-corrected chi connectivity index (χ3v) is 4.39. The van der Waals surface area contributed by atoms with Crippen molar-refractivity contribution in [1.82, 2.24) is 29.4 Å². The van der Waals surface area contributed by atoms with Gasteiger partial charge in [-0.05, 0) is 26.0 Å². The molecule has 130 valence electrons. The number of aromatic nitrogens is 5. The van der Waals surface area contributed by atoms with Gasteiger partial charge in [-0.3, -0.25) is 9.69 Å². The van der Waals surface area contributed by atoms with E-state index < -0.39 is 0 Å². The quantitative estimate of drug-likeness (QED) is 0.693. The number of hydrogen-bond donors (Lipinski definition) is 0. The molecule has 0 bridgehead atoms. The predicted octanol–water partition coefficient (Wildman–Crippen LogP) is 1.17. The molecule has 0 amide bonds. The van der Waals surface area contributed by atoms with E-state index in [1.54, 1.807) is 34.0 Å². The third-order valence-electron chi connectivity index (χ3n) is 4.39. The van der Waals surface area contributed by atoms with E-state index in [4.69, 9.17) is 4.42 Å². The predicted molar refractivity (Wildman–Crippen MR) is 90.4 cm³/mol. The van der Waals surface area contributed by atoms with Gasteiger partial charge in [0.05, 0.1) is 25.0 Å². The molecule has 8 nitrogen and oxygen atoms in total. The Kier molecular flexibility index (Phi) is 3.96. The Morgan fingerprint density at radius 1 is 1.24 bits per heavy atom. The van der Waals surface area contributed by atoms with Crippen molar-refractivity contribution in [2.24, 2.45) is 5.92 Å². The van der Waals surface area contributed by atoms with Crippen LogP contribution < -0.4 is 5.56 Å². The fraction of sp³-hybridized carbons (Fsp3) is 0.412. The van der Waals surface area contributed by atoms with Crippen LogP contribution >= 0.6 is 0 Å². The van der Waals surface area contributed by atoms with Gasteiger partial charge < -0.3 is 4.42 Å². The number of likely N-dealkylation sites (tertiary alicyclic amines) is 1. The SMILES string of the molecule is Cc1cc(C)n(-c2ccc(=O)n(CC3CN(Cc4ncco4)C3)n2)n1. The lowest BCUT2D eigenvalue weighted by Gasteiger charge is -2.38. The maximum Gasteiger partial charge on any atom is 0.266 e. The highest BCUT2D eigenvalue weighted by Crippen LogP contribution is 2.19. The van der Waals surface area contributed by atoms with Crippen LogP contribution in [-0.2, 0) is 13.1 Å². The lowest BCUT2D eigenvalue weighted by molar-refractivity contribution is 0.0680. The van der Waals surface area contributed by atoms with E-state index in [1.807, 2.05) is 19.9 Å². The summed E-state index contributed by atoms with van der Waals surface area (Å²) in [5, 5.41) is 8.93. The summed E-state index contributed by atoms with van der Waals surface area (Å²) in [6.07, 6.45) is 3.24. The maximum absolute atomic E-state index is 12.1. The highest BCUT2D eigenvalue weighted by molar-refractivity contribution is 5.23. The molecule has 0 radical (unpaired) electrons. The Morgan fingerprint density at radius 3 is 2.76 bits per heavy atom. The van der Waals surface area contributed by atoms with Crippen molar-refractivity contribution in [3.63, 3.8) is 0 Å². The molecule has 1 saturated heterocycles. The number of hydrogen-bond acceptors (Lipinski definition) is 6. The van der Waals surface area contributed by atoms with Crippen LogP contribution in [0.3, 0.4) is 0 Å². The zero-order valence-electron chi connectivity index (χ0n) is 14.3. The molecule has 0 aromatic carbocycles. The minimum atomic E-state index is -0.0866. The van der Waals surface area contributed by atoms with Gasteiger partial charge >= 0.3 is 0 Å². The molecular weight excluding hydrogens is 320 g/mol. The van der Waals surface area contributed by atoms with Gasteiger partial charge in [0, 0.05) is 30.8 Å². The average Bonchev–Trinajstić information content (AvgIpc) is 3.16. The van der Waals surface area contributed by atoms with E-state index in [0.29, 0.717) is 24.8 Å². The van der Waals surface area contributed by atoms with Crippen LogP contribution in [0.25, 0.3) is 5.82 Å². The second-order valence-corrected chi connectivity index (χ2v) is 6.54. The summed E-state index contributed by atoms with van der Waals surface area (Å²) < 4.78 is 8.57. The summed E-state index contributed by atoms with van der Waals surface area (Å²) >= 11 is 0. The van der Waals surface area contributed by atoms with Gasteiger partial charge in [0.25, 0.3) is 5.56 Å². The Bertz CT molecular complexity index is 921. The Hall–Kier alpha value is -2.74. The van der Waals surface area contributed by atoms with Gasteiger partial charge in [-0.1, -0.05) is 0 Å². The van der Waals surface area contributed by atoms with Crippen molar-refractivity contribution in [3.05, 3.63) is 58.3 Å². The molecule has 0 N–H and O–H groups in total. The molecule has 1 aliphatic rings. The van der Waals surface area contributed by atoms with E-state index in [-0.39, 0.29) is 5.56 Å². The molecule has 0 atom stereocenters. The molecule has 1 fully saturated rings. The molecule has 1 aliphatic heterocycles. The zero-order chi connectivity index (χ0) is 17.4. The van der Waals surface area contributed by atoms with Gasteiger partial charge in [-0.25, -0.2) is 14.3 Å². The molecule has 4 rings (SSSR count). The van der Waals surface area contributed by atoms with Gasteiger partial charge in [0.1, 0.15) is 6.26 Å². The van der Waals surface area contributed by atoms with Crippen molar-refractivity contribution in [2.75, 3.05) is 13.1 Å². The minimum absolute atomic E-state index is 0.0866. The van der Waals surface area contributed by atoms with Gasteiger partial charge in [0.2, 0.25) is 5.89 Å². The number of oxazole rings is 1. The van der Waals surface area contributed by atoms with Crippen molar-refractivity contribution < 1.29 is 4.42 Å². The van der Waals surface area contributed by atoms with Crippen LogP contribution in [-0.4, -0.2) is 42.5 Å². The molecule has 25 heavy (non-hydrogen) atoms. The molecule has 0 unspecified atom stereocenters. The first-order valence-electron chi connectivity index (χ1n) is 8.31. The molecule has 0 spiro atoms. The van der Waals surface area contributed by atoms with Crippen molar-refractivity contribution >= 4 is 0 Å². The van der Waals surface area contributed by atoms with Crippen molar-refractivity contribution in [1.29, 1.82) is 0 Å². The fourth-order valence-electron chi connectivity index (χ4n) is 3.23. The van der Waals surface area contributed by atoms with Crippen LogP contribution in [0.4, 0.5) is 0 Å². The van der Waals surface area contributed by atoms with Crippen LogP contribution in [0.5, 0.6) is 0 Å². The minimum Gasteiger partial charge on any atom is -0.448 e. The van der Waals surface area contributed by atoms with Crippen molar-refractivity contribution in [2.45, 2.75) is 26.9 Å². The van der Waals surface area contributed by atoms with E-state index in [9.17, 15) is 4.79 Å². The lowest BCUT2D eigenvalue weighted by atomic mass is 10.0. The summed E-state index contributed by atoms with van der Waals surface area (Å²) in [4.78, 5) is 18.5. The average molecular weight is 340 g/mol. The first kappa shape index (κ1) is 15.8. The second-order valence-electron chi connectivity index (χ2n) is 6.54. The molecule has 8 heteroatoms. The number of aryl methyl sites for hydroxylation is 2. The third kappa shape index (κ3) is 3.25. The molecule has 4 heterocycles. The summed E-state index contributed by atoms with van der Waals surface area (Å²) in [5.41, 5.74) is 1.84. The topological polar surface area (TPSA) is 82.0 Å². The van der Waals surface area contributed by atoms with Gasteiger partial charge in [-0.15, -0.1) is 5.10 Å². The highest BCUT2D eigenvalue weighted by atomic mass is 16.3. The summed E-state index contributed by atoms with van der Waals surface area (Å²) in [7, 11) is 0. The van der Waals surface area contributed by atoms with E-state index in [1.165, 1.54) is 0 Å². The van der Waals surface area contributed by atoms with Crippen LogP contribution in [0, 0.1) is 19.8 Å². The summed E-state index contributed by atoms with van der Waals surface area (Å²) in [6.45, 7) is 7.03. The maximum atomic E-state index is 12.1. The second kappa shape index (κ2) is 6.29. The highest BCUT2D eigenvalue weighted by Gasteiger charge is 2.28. The van der Waals surface area contributed by atoms with Gasteiger partial charge in [-0.2, -0.15) is 5.10 Å². The van der Waals surface area contributed by atoms with Gasteiger partial charge in [0.15, 0.2) is 5.82 Å². The molecule has 0 saturated carbocycles. The fourth-order valence-corrected chi connectivity index (χ4v) is 3.23. The monoisotopic (exact) mass is 340 g/mol. The number of nitrogens with zero attached hydrogens (tertiary/aromatic N) is 6. The first-order valence-corrected chi connectivity index (χ1v) is 8.31. The first-order chi connectivity index (χ1) is 12.1. The summed E-state index contributed by atoms with van der Waals surface area (Å²) in [5.74, 6) is 1.79. The zero-order valence-corrected chi connectivity index (χ0v) is 14.3. The lowest BCUT2D eigenvalue weighted by Crippen LogP contribution is -2.49. The molecular formula is C17H20N6O2. The van der Waals surface area contributed by atoms with Crippen molar-refractivity contribution in [3.8, 4) is 5.82 Å².